The van der Waals surface area contributed by atoms with E-state index < -0.39 is 0 Å². The summed E-state index contributed by atoms with van der Waals surface area (Å²) in [6.45, 7) is 17.4. The molecule has 1 aromatic heterocycles. The number of hydrogen-bond acceptors (Lipinski definition) is 3. The first kappa shape index (κ1) is 26.2. The number of aliphatic imine (C=N–C) groups is 1. The molecule has 1 saturated heterocycles. The Morgan fingerprint density at radius 1 is 1.17 bits per heavy atom. The van der Waals surface area contributed by atoms with Crippen LogP contribution in [0.15, 0.2) is 4.99 Å². The van der Waals surface area contributed by atoms with Gasteiger partial charge < -0.3 is 10.6 Å². The molecule has 0 aromatic carbocycles. The van der Waals surface area contributed by atoms with Gasteiger partial charge in [0.1, 0.15) is 0 Å². The van der Waals surface area contributed by atoms with Gasteiger partial charge in [-0.25, -0.2) is 0 Å². The van der Waals surface area contributed by atoms with Gasteiger partial charge in [-0.3, -0.25) is 14.6 Å². The van der Waals surface area contributed by atoms with Gasteiger partial charge in [0.05, 0.1) is 12.2 Å². The first-order valence-electron chi connectivity index (χ1n) is 11.1. The molecular formula is C22H43IN6. The predicted octanol–water partition coefficient (Wildman–Crippen LogP) is 3.65. The lowest BCUT2D eigenvalue weighted by atomic mass is 10.0. The maximum absolute atomic E-state index is 4.98. The molecule has 0 spiro atoms. The second-order valence-corrected chi connectivity index (χ2v) is 8.77. The van der Waals surface area contributed by atoms with Crippen LogP contribution in [0.5, 0.6) is 0 Å². The number of likely N-dealkylation sites (tertiary alicyclic amines) is 1. The highest BCUT2D eigenvalue weighted by atomic mass is 127. The number of rotatable bonds is 9. The molecule has 1 aromatic rings. The first-order chi connectivity index (χ1) is 13.3. The number of aryl methyl sites for hydroxylation is 2. The number of aromatic nitrogens is 2. The third kappa shape index (κ3) is 8.07. The summed E-state index contributed by atoms with van der Waals surface area (Å²) in [5, 5.41) is 11.6. The van der Waals surface area contributed by atoms with E-state index in [0.29, 0.717) is 18.0 Å². The van der Waals surface area contributed by atoms with Crippen LogP contribution in [0.3, 0.4) is 0 Å². The lowest BCUT2D eigenvalue weighted by Gasteiger charge is -2.28. The molecule has 1 aliphatic heterocycles. The van der Waals surface area contributed by atoms with Crippen LogP contribution in [0.2, 0.25) is 0 Å². The van der Waals surface area contributed by atoms with Crippen LogP contribution in [-0.4, -0.2) is 58.9 Å². The quantitative estimate of drug-likeness (QED) is 0.298. The van der Waals surface area contributed by atoms with E-state index in [0.717, 1.165) is 31.2 Å². The van der Waals surface area contributed by atoms with Crippen molar-refractivity contribution in [3.05, 3.63) is 17.0 Å². The molecule has 7 heteroatoms. The fraction of sp³-hybridized carbons (Fsp3) is 0.818. The fourth-order valence-corrected chi connectivity index (χ4v) is 4.21. The van der Waals surface area contributed by atoms with Crippen LogP contribution >= 0.6 is 24.0 Å². The third-order valence-corrected chi connectivity index (χ3v) is 5.76. The molecule has 0 aliphatic carbocycles. The zero-order chi connectivity index (χ0) is 20.7. The fourth-order valence-electron chi connectivity index (χ4n) is 4.21. The monoisotopic (exact) mass is 518 g/mol. The van der Waals surface area contributed by atoms with Crippen LogP contribution in [0.1, 0.15) is 63.9 Å². The largest absolute Gasteiger partial charge is 0.357 e. The molecule has 0 bridgehead atoms. The van der Waals surface area contributed by atoms with Crippen LogP contribution in [-0.2, 0) is 13.5 Å². The minimum atomic E-state index is 0. The Morgan fingerprint density at radius 2 is 1.83 bits per heavy atom. The van der Waals surface area contributed by atoms with Crippen LogP contribution in [0.4, 0.5) is 0 Å². The number of guanidine groups is 1. The zero-order valence-corrected chi connectivity index (χ0v) is 21.9. The average Bonchev–Trinajstić information content (AvgIpc) is 3.23. The van der Waals surface area contributed by atoms with Gasteiger partial charge in [0.25, 0.3) is 0 Å². The van der Waals surface area contributed by atoms with Gasteiger partial charge in [0, 0.05) is 31.4 Å². The standard InChI is InChI=1S/C22H42N6.HI/c1-8-23-22(24-15-20(13-16(2)3)28-11-9-10-12-28)25-17(4)14-21-18(5)26-27(7)19(21)6;/h16-17,20H,8-15H2,1-7H3,(H2,23,24,25);1H. The minimum Gasteiger partial charge on any atom is -0.357 e. The molecule has 0 saturated carbocycles. The van der Waals surface area contributed by atoms with Crippen molar-refractivity contribution < 1.29 is 0 Å². The SMILES string of the molecule is CCNC(=NCC(CC(C)C)N1CCCC1)NC(C)Cc1c(C)nn(C)c1C.I. The summed E-state index contributed by atoms with van der Waals surface area (Å²) in [4.78, 5) is 7.61. The molecule has 1 aliphatic rings. The summed E-state index contributed by atoms with van der Waals surface area (Å²) in [7, 11) is 2.02. The molecule has 0 radical (unpaired) electrons. The summed E-state index contributed by atoms with van der Waals surface area (Å²) in [6, 6.07) is 0.853. The smallest absolute Gasteiger partial charge is 0.191 e. The molecular weight excluding hydrogens is 475 g/mol. The maximum atomic E-state index is 4.98. The van der Waals surface area contributed by atoms with Crippen molar-refractivity contribution in [3.63, 3.8) is 0 Å². The van der Waals surface area contributed by atoms with E-state index in [9.17, 15) is 0 Å². The number of halogens is 1. The van der Waals surface area contributed by atoms with E-state index in [1.54, 1.807) is 0 Å². The first-order valence-corrected chi connectivity index (χ1v) is 11.1. The normalized spacial score (nSPS) is 17.3. The highest BCUT2D eigenvalue weighted by molar-refractivity contribution is 14.0. The highest BCUT2D eigenvalue weighted by Gasteiger charge is 2.23. The number of hydrogen-bond donors (Lipinski definition) is 2. The van der Waals surface area contributed by atoms with E-state index in [-0.39, 0.29) is 24.0 Å². The van der Waals surface area contributed by atoms with Crippen molar-refractivity contribution in [3.8, 4) is 0 Å². The molecule has 168 valence electrons. The van der Waals surface area contributed by atoms with Crippen molar-refractivity contribution in [2.24, 2.45) is 18.0 Å². The van der Waals surface area contributed by atoms with Crippen LogP contribution < -0.4 is 10.6 Å². The summed E-state index contributed by atoms with van der Waals surface area (Å²) in [5.41, 5.74) is 3.72. The van der Waals surface area contributed by atoms with E-state index in [2.05, 4.69) is 62.2 Å². The van der Waals surface area contributed by atoms with Gasteiger partial charge in [-0.1, -0.05) is 13.8 Å². The van der Waals surface area contributed by atoms with Gasteiger partial charge >= 0.3 is 0 Å². The molecule has 2 atom stereocenters. The van der Waals surface area contributed by atoms with E-state index in [1.165, 1.54) is 43.6 Å². The lowest BCUT2D eigenvalue weighted by Crippen LogP contribution is -2.44. The van der Waals surface area contributed by atoms with Crippen molar-refractivity contribution in [1.29, 1.82) is 0 Å². The maximum Gasteiger partial charge on any atom is 0.191 e. The third-order valence-electron chi connectivity index (χ3n) is 5.76. The minimum absolute atomic E-state index is 0. The van der Waals surface area contributed by atoms with E-state index >= 15 is 0 Å². The Bertz CT molecular complexity index is 633. The summed E-state index contributed by atoms with van der Waals surface area (Å²) in [6.07, 6.45) is 4.83. The molecule has 29 heavy (non-hydrogen) atoms. The Hall–Kier alpha value is -0.830. The van der Waals surface area contributed by atoms with Crippen LogP contribution in [0.25, 0.3) is 0 Å². The molecule has 2 rings (SSSR count). The molecule has 6 nitrogen and oxygen atoms in total. The molecule has 2 N–H and O–H groups in total. The second kappa shape index (κ2) is 12.8. The Morgan fingerprint density at radius 3 is 2.34 bits per heavy atom. The Kier molecular flexibility index (Phi) is 11.5. The van der Waals surface area contributed by atoms with Gasteiger partial charge in [-0.2, -0.15) is 5.10 Å². The van der Waals surface area contributed by atoms with Crippen molar-refractivity contribution in [2.75, 3.05) is 26.2 Å². The van der Waals surface area contributed by atoms with Crippen molar-refractivity contribution in [1.82, 2.24) is 25.3 Å². The predicted molar refractivity (Wildman–Crippen MR) is 134 cm³/mol. The molecule has 1 fully saturated rings. The van der Waals surface area contributed by atoms with E-state index in [4.69, 9.17) is 4.99 Å². The van der Waals surface area contributed by atoms with Crippen LogP contribution in [0, 0.1) is 19.8 Å². The van der Waals surface area contributed by atoms with E-state index in [1.807, 2.05) is 11.7 Å². The van der Waals surface area contributed by atoms with Crippen molar-refractivity contribution >= 4 is 29.9 Å². The highest BCUT2D eigenvalue weighted by Crippen LogP contribution is 2.18. The van der Waals surface area contributed by atoms with Crippen molar-refractivity contribution in [2.45, 2.75) is 79.3 Å². The van der Waals surface area contributed by atoms with Gasteiger partial charge in [-0.15, -0.1) is 24.0 Å². The molecule has 2 unspecified atom stereocenters. The Labute approximate surface area is 195 Å². The number of nitrogens with one attached hydrogen (secondary N) is 2. The Balaban J connectivity index is 0.00000420. The summed E-state index contributed by atoms with van der Waals surface area (Å²) in [5.74, 6) is 1.63. The molecule has 0 amide bonds. The summed E-state index contributed by atoms with van der Waals surface area (Å²) < 4.78 is 1.98. The lowest BCUT2D eigenvalue weighted by molar-refractivity contribution is 0.218. The molecule has 2 heterocycles. The number of nitrogens with zero attached hydrogens (tertiary/aromatic N) is 4. The topological polar surface area (TPSA) is 57.5 Å². The average molecular weight is 519 g/mol. The summed E-state index contributed by atoms with van der Waals surface area (Å²) >= 11 is 0. The second-order valence-electron chi connectivity index (χ2n) is 8.77. The zero-order valence-electron chi connectivity index (χ0n) is 19.6. The van der Waals surface area contributed by atoms with Gasteiger partial charge in [-0.05, 0) is 77.9 Å². The van der Waals surface area contributed by atoms with Gasteiger partial charge in [0.15, 0.2) is 5.96 Å². The van der Waals surface area contributed by atoms with Gasteiger partial charge in [0.2, 0.25) is 0 Å².